The van der Waals surface area contributed by atoms with Gasteiger partial charge in [0.25, 0.3) is 0 Å². The lowest BCUT2D eigenvalue weighted by atomic mass is 10.3. The summed E-state index contributed by atoms with van der Waals surface area (Å²) in [6.07, 6.45) is 0. The Morgan fingerprint density at radius 3 is 2.64 bits per heavy atom. The summed E-state index contributed by atoms with van der Waals surface area (Å²) in [5.41, 5.74) is 5.32. The standard InChI is InChI=1S/C8H8BrClFN3/c1-14(8(12)13)7-5(10)2-4(9)3-6(7)11/h2-3H,1H3,(H3,12,13). The maximum Gasteiger partial charge on any atom is 0.192 e. The number of rotatable bonds is 1. The van der Waals surface area contributed by atoms with E-state index >= 15 is 0 Å². The van der Waals surface area contributed by atoms with Crippen LogP contribution in [0.2, 0.25) is 5.02 Å². The number of guanidine groups is 1. The van der Waals surface area contributed by atoms with E-state index in [1.807, 2.05) is 0 Å². The van der Waals surface area contributed by atoms with Crippen molar-refractivity contribution in [2.45, 2.75) is 0 Å². The summed E-state index contributed by atoms with van der Waals surface area (Å²) < 4.78 is 14.0. The fraction of sp³-hybridized carbons (Fsp3) is 0.125. The van der Waals surface area contributed by atoms with Crippen LogP contribution in [0.1, 0.15) is 0 Å². The Morgan fingerprint density at radius 2 is 2.21 bits per heavy atom. The third kappa shape index (κ3) is 2.16. The van der Waals surface area contributed by atoms with Crippen molar-refractivity contribution >= 4 is 39.2 Å². The second kappa shape index (κ2) is 4.14. The van der Waals surface area contributed by atoms with E-state index in [2.05, 4.69) is 15.9 Å². The molecule has 0 aliphatic carbocycles. The van der Waals surface area contributed by atoms with Crippen LogP contribution in [0.5, 0.6) is 0 Å². The summed E-state index contributed by atoms with van der Waals surface area (Å²) in [5, 5.41) is 7.35. The molecule has 76 valence electrons. The van der Waals surface area contributed by atoms with Crippen LogP contribution in [0, 0.1) is 11.2 Å². The SMILES string of the molecule is CN(C(=N)N)c1c(F)cc(Br)cc1Cl. The molecule has 0 aliphatic heterocycles. The van der Waals surface area contributed by atoms with Gasteiger partial charge in [-0.2, -0.15) is 0 Å². The molecule has 0 atom stereocenters. The van der Waals surface area contributed by atoms with Crippen LogP contribution in [0.3, 0.4) is 0 Å². The van der Waals surface area contributed by atoms with Gasteiger partial charge in [-0.05, 0) is 12.1 Å². The van der Waals surface area contributed by atoms with Gasteiger partial charge < -0.3 is 10.6 Å². The van der Waals surface area contributed by atoms with Gasteiger partial charge in [0.2, 0.25) is 0 Å². The molecule has 1 rings (SSSR count). The van der Waals surface area contributed by atoms with Gasteiger partial charge in [0.1, 0.15) is 5.82 Å². The first-order valence-electron chi connectivity index (χ1n) is 3.65. The van der Waals surface area contributed by atoms with Crippen molar-refractivity contribution in [1.29, 1.82) is 5.41 Å². The zero-order chi connectivity index (χ0) is 10.9. The maximum absolute atomic E-state index is 13.4. The third-order valence-electron chi connectivity index (χ3n) is 1.68. The smallest absolute Gasteiger partial charge is 0.192 e. The molecule has 0 unspecified atom stereocenters. The predicted octanol–water partition coefficient (Wildman–Crippen LogP) is 2.57. The van der Waals surface area contributed by atoms with Gasteiger partial charge in [-0.3, -0.25) is 5.41 Å². The maximum atomic E-state index is 13.4. The highest BCUT2D eigenvalue weighted by atomic mass is 79.9. The van der Waals surface area contributed by atoms with Gasteiger partial charge in [-0.1, -0.05) is 27.5 Å². The number of anilines is 1. The lowest BCUT2D eigenvalue weighted by molar-refractivity contribution is 0.627. The Labute approximate surface area is 94.3 Å². The first kappa shape index (κ1) is 11.3. The minimum Gasteiger partial charge on any atom is -0.370 e. The van der Waals surface area contributed by atoms with E-state index in [-0.39, 0.29) is 16.7 Å². The van der Waals surface area contributed by atoms with Gasteiger partial charge in [-0.25, -0.2) is 4.39 Å². The van der Waals surface area contributed by atoms with Crippen LogP contribution in [-0.4, -0.2) is 13.0 Å². The van der Waals surface area contributed by atoms with Crippen molar-refractivity contribution in [3.63, 3.8) is 0 Å². The number of nitrogens with zero attached hydrogens (tertiary/aromatic N) is 1. The summed E-state index contributed by atoms with van der Waals surface area (Å²) in [6, 6.07) is 2.81. The van der Waals surface area contributed by atoms with Crippen LogP contribution < -0.4 is 10.6 Å². The molecule has 14 heavy (non-hydrogen) atoms. The molecule has 0 spiro atoms. The molecule has 0 aromatic heterocycles. The minimum atomic E-state index is -0.526. The predicted molar refractivity (Wildman–Crippen MR) is 59.4 cm³/mol. The monoisotopic (exact) mass is 279 g/mol. The summed E-state index contributed by atoms with van der Waals surface area (Å²) in [4.78, 5) is 1.17. The molecule has 0 saturated heterocycles. The number of halogens is 3. The summed E-state index contributed by atoms with van der Waals surface area (Å²) in [5.74, 6) is -0.796. The van der Waals surface area contributed by atoms with E-state index in [1.54, 1.807) is 6.07 Å². The third-order valence-corrected chi connectivity index (χ3v) is 2.42. The Balaban J connectivity index is 3.27. The molecular weight excluding hydrogens is 272 g/mol. The Bertz CT molecular complexity index is 360. The second-order valence-corrected chi connectivity index (χ2v) is 3.99. The van der Waals surface area contributed by atoms with Crippen molar-refractivity contribution in [3.8, 4) is 0 Å². The van der Waals surface area contributed by atoms with Crippen molar-refractivity contribution in [3.05, 3.63) is 27.4 Å². The van der Waals surface area contributed by atoms with Crippen LogP contribution in [0.15, 0.2) is 16.6 Å². The molecule has 1 aromatic rings. The largest absolute Gasteiger partial charge is 0.370 e. The first-order chi connectivity index (χ1) is 6.43. The van der Waals surface area contributed by atoms with Gasteiger partial charge in [0, 0.05) is 11.5 Å². The number of nitrogens with one attached hydrogen (secondary N) is 1. The van der Waals surface area contributed by atoms with Crippen LogP contribution in [-0.2, 0) is 0 Å². The number of nitrogens with two attached hydrogens (primary N) is 1. The number of benzene rings is 1. The Kier molecular flexibility index (Phi) is 3.34. The topological polar surface area (TPSA) is 53.1 Å². The van der Waals surface area contributed by atoms with Gasteiger partial charge in [0.15, 0.2) is 5.96 Å². The highest BCUT2D eigenvalue weighted by molar-refractivity contribution is 9.10. The molecule has 3 nitrogen and oxygen atoms in total. The highest BCUT2D eigenvalue weighted by Crippen LogP contribution is 2.31. The molecule has 0 radical (unpaired) electrons. The van der Waals surface area contributed by atoms with Crippen LogP contribution in [0.4, 0.5) is 10.1 Å². The fourth-order valence-corrected chi connectivity index (χ4v) is 1.87. The van der Waals surface area contributed by atoms with E-state index < -0.39 is 5.82 Å². The van der Waals surface area contributed by atoms with Crippen LogP contribution in [0.25, 0.3) is 0 Å². The number of hydrogen-bond acceptors (Lipinski definition) is 1. The molecule has 0 saturated carbocycles. The molecule has 6 heteroatoms. The fourth-order valence-electron chi connectivity index (χ4n) is 0.975. The molecule has 0 heterocycles. The Morgan fingerprint density at radius 1 is 1.64 bits per heavy atom. The van der Waals surface area contributed by atoms with Crippen molar-refractivity contribution in [2.24, 2.45) is 5.73 Å². The van der Waals surface area contributed by atoms with E-state index in [4.69, 9.17) is 22.7 Å². The molecule has 0 amide bonds. The second-order valence-electron chi connectivity index (χ2n) is 2.66. The molecule has 1 aromatic carbocycles. The van der Waals surface area contributed by atoms with Crippen LogP contribution >= 0.6 is 27.5 Å². The quantitative estimate of drug-likeness (QED) is 0.613. The van der Waals surface area contributed by atoms with Gasteiger partial charge in [0.05, 0.1) is 10.7 Å². The van der Waals surface area contributed by atoms with Gasteiger partial charge >= 0.3 is 0 Å². The van der Waals surface area contributed by atoms with E-state index in [0.717, 1.165) is 0 Å². The molecule has 0 bridgehead atoms. The average molecular weight is 281 g/mol. The lowest BCUT2D eigenvalue weighted by Gasteiger charge is -2.18. The van der Waals surface area contributed by atoms with E-state index in [0.29, 0.717) is 4.47 Å². The summed E-state index contributed by atoms with van der Waals surface area (Å²) in [7, 11) is 1.47. The first-order valence-corrected chi connectivity index (χ1v) is 4.83. The average Bonchev–Trinajstić information content (AvgIpc) is 2.01. The zero-order valence-corrected chi connectivity index (χ0v) is 9.66. The van der Waals surface area contributed by atoms with Crippen molar-refractivity contribution in [1.82, 2.24) is 0 Å². The van der Waals surface area contributed by atoms with Gasteiger partial charge in [-0.15, -0.1) is 0 Å². The highest BCUT2D eigenvalue weighted by Gasteiger charge is 2.14. The number of hydrogen-bond donors (Lipinski definition) is 2. The molecule has 0 aliphatic rings. The normalized spacial score (nSPS) is 10.0. The zero-order valence-electron chi connectivity index (χ0n) is 7.31. The Hall–Kier alpha value is -0.810. The van der Waals surface area contributed by atoms with Crippen molar-refractivity contribution < 1.29 is 4.39 Å². The molecular formula is C8H8BrClFN3. The molecule has 0 fully saturated rings. The van der Waals surface area contributed by atoms with E-state index in [1.165, 1.54) is 18.0 Å². The summed E-state index contributed by atoms with van der Waals surface area (Å²) >= 11 is 8.92. The summed E-state index contributed by atoms with van der Waals surface area (Å²) in [6.45, 7) is 0. The molecule has 3 N–H and O–H groups in total. The lowest BCUT2D eigenvalue weighted by Crippen LogP contribution is -2.33. The van der Waals surface area contributed by atoms with Crippen molar-refractivity contribution in [2.75, 3.05) is 11.9 Å². The van der Waals surface area contributed by atoms with E-state index in [9.17, 15) is 4.39 Å². The minimum absolute atomic E-state index is 0.0994.